The molecule has 4 heteroatoms. The van der Waals surface area contributed by atoms with Gasteiger partial charge in [0.15, 0.2) is 12.4 Å². The van der Waals surface area contributed by atoms with Crippen LogP contribution in [0.3, 0.4) is 0 Å². The number of rotatable bonds is 0. The molecule has 0 bridgehead atoms. The van der Waals surface area contributed by atoms with E-state index in [2.05, 4.69) is 0 Å². The highest BCUT2D eigenvalue weighted by Crippen LogP contribution is 1.75. The minimum Gasteiger partial charge on any atom is -1.00 e. The van der Waals surface area contributed by atoms with Crippen LogP contribution in [0.2, 0.25) is 0 Å². The van der Waals surface area contributed by atoms with E-state index in [-0.39, 0.29) is 23.8 Å². The molecular formula is C7H10ClNO2. The normalized spacial score (nSPS) is 7.36. The van der Waals surface area contributed by atoms with Crippen molar-refractivity contribution in [3.63, 3.8) is 0 Å². The molecule has 0 aliphatic rings. The molecule has 0 fully saturated rings. The van der Waals surface area contributed by atoms with Crippen molar-refractivity contribution in [3.05, 3.63) is 30.6 Å². The molecule has 3 nitrogen and oxygen atoms in total. The second kappa shape index (κ2) is 5.82. The van der Waals surface area contributed by atoms with E-state index in [1.807, 2.05) is 18.2 Å². The van der Waals surface area contributed by atoms with Crippen LogP contribution in [0.4, 0.5) is 0 Å². The fraction of sp³-hybridized carbons (Fsp3) is 0.143. The summed E-state index contributed by atoms with van der Waals surface area (Å²) in [5.74, 6) is 0.0376. The third-order valence-electron chi connectivity index (χ3n) is 1.08. The van der Waals surface area contributed by atoms with Crippen molar-refractivity contribution in [3.8, 4) is 0 Å². The first kappa shape index (κ1) is 12.7. The van der Waals surface area contributed by atoms with Gasteiger partial charge in [-0.15, -0.1) is 4.57 Å². The highest BCUT2D eigenvalue weighted by Gasteiger charge is 2.01. The highest BCUT2D eigenvalue weighted by molar-refractivity contribution is 5.62. The Morgan fingerprint density at radius 1 is 1.18 bits per heavy atom. The second-order valence-corrected chi connectivity index (χ2v) is 1.80. The van der Waals surface area contributed by atoms with Crippen molar-refractivity contribution in [2.24, 2.45) is 0 Å². The Morgan fingerprint density at radius 2 is 1.64 bits per heavy atom. The van der Waals surface area contributed by atoms with Crippen LogP contribution in [0.1, 0.15) is 11.7 Å². The zero-order valence-electron chi connectivity index (χ0n) is 6.12. The molecule has 1 heterocycles. The maximum absolute atomic E-state index is 10.6. The van der Waals surface area contributed by atoms with Crippen molar-refractivity contribution in [1.82, 2.24) is 0 Å². The highest BCUT2D eigenvalue weighted by atomic mass is 35.5. The first-order chi connectivity index (χ1) is 4.30. The maximum atomic E-state index is 10.6. The van der Waals surface area contributed by atoms with E-state index in [9.17, 15) is 4.79 Å². The molecule has 0 atom stereocenters. The summed E-state index contributed by atoms with van der Waals surface area (Å²) in [7, 11) is 0. The number of aromatic nitrogens is 1. The van der Waals surface area contributed by atoms with Gasteiger partial charge in [0.25, 0.3) is 0 Å². The van der Waals surface area contributed by atoms with E-state index < -0.39 is 0 Å². The summed E-state index contributed by atoms with van der Waals surface area (Å²) in [6, 6.07) is 5.52. The van der Waals surface area contributed by atoms with E-state index >= 15 is 0 Å². The Morgan fingerprint density at radius 3 is 1.91 bits per heavy atom. The summed E-state index contributed by atoms with van der Waals surface area (Å²) >= 11 is 0. The zero-order valence-corrected chi connectivity index (χ0v) is 6.88. The third kappa shape index (κ3) is 3.70. The van der Waals surface area contributed by atoms with Gasteiger partial charge in [0, 0.05) is 12.1 Å². The van der Waals surface area contributed by atoms with Crippen LogP contribution >= 0.6 is 0 Å². The molecule has 0 aliphatic carbocycles. The zero-order chi connectivity index (χ0) is 6.69. The minimum atomic E-state index is 0. The monoisotopic (exact) mass is 175 g/mol. The largest absolute Gasteiger partial charge is 1.00 e. The van der Waals surface area contributed by atoms with Crippen molar-refractivity contribution < 1.29 is 27.2 Å². The van der Waals surface area contributed by atoms with Crippen molar-refractivity contribution in [1.29, 1.82) is 0 Å². The Bertz CT molecular complexity index is 213. The van der Waals surface area contributed by atoms with Gasteiger partial charge in [0.2, 0.25) is 0 Å². The maximum Gasteiger partial charge on any atom is 0.389 e. The predicted octanol–water partition coefficient (Wildman–Crippen LogP) is -3.19. The summed E-state index contributed by atoms with van der Waals surface area (Å²) < 4.78 is 1.53. The lowest BCUT2D eigenvalue weighted by atomic mass is 10.5. The van der Waals surface area contributed by atoms with Crippen LogP contribution in [0, 0.1) is 0 Å². The number of pyridine rings is 1. The van der Waals surface area contributed by atoms with Crippen LogP contribution in [0.25, 0.3) is 0 Å². The van der Waals surface area contributed by atoms with Crippen LogP contribution in [-0.4, -0.2) is 11.4 Å². The van der Waals surface area contributed by atoms with E-state index in [4.69, 9.17) is 0 Å². The second-order valence-electron chi connectivity index (χ2n) is 1.80. The molecule has 0 unspecified atom stereocenters. The molecule has 0 aliphatic heterocycles. The smallest absolute Gasteiger partial charge is 0.389 e. The van der Waals surface area contributed by atoms with Gasteiger partial charge in [-0.1, -0.05) is 6.07 Å². The van der Waals surface area contributed by atoms with Crippen LogP contribution in [0.15, 0.2) is 30.6 Å². The number of nitrogens with zero attached hydrogens (tertiary/aromatic N) is 1. The fourth-order valence-corrected chi connectivity index (χ4v) is 0.609. The number of hydrogen-bond donors (Lipinski definition) is 0. The standard InChI is InChI=1S/C7H8NO.ClH.H2O/c1-7(9)8-5-3-2-4-6-8;;/h2-6H,1H3;1H;1H2/q+1;;/p-1. The Labute approximate surface area is 71.4 Å². The lowest BCUT2D eigenvalue weighted by molar-refractivity contribution is -0.572. The van der Waals surface area contributed by atoms with Gasteiger partial charge in [-0.2, -0.15) is 0 Å². The lowest BCUT2D eigenvalue weighted by Crippen LogP contribution is -3.00. The first-order valence-corrected chi connectivity index (χ1v) is 2.78. The van der Waals surface area contributed by atoms with E-state index in [0.29, 0.717) is 0 Å². The number of carbonyl (C=O) groups excluding carboxylic acids is 1. The molecule has 11 heavy (non-hydrogen) atoms. The van der Waals surface area contributed by atoms with E-state index in [0.717, 1.165) is 0 Å². The third-order valence-corrected chi connectivity index (χ3v) is 1.08. The molecule has 0 radical (unpaired) electrons. The topological polar surface area (TPSA) is 52.5 Å². The van der Waals surface area contributed by atoms with Gasteiger partial charge in [0.05, 0.1) is 6.92 Å². The minimum absolute atomic E-state index is 0. The Balaban J connectivity index is 0. The van der Waals surface area contributed by atoms with Crippen molar-refractivity contribution in [2.45, 2.75) is 6.92 Å². The molecule has 0 aromatic carbocycles. The molecular weight excluding hydrogens is 166 g/mol. The summed E-state index contributed by atoms with van der Waals surface area (Å²) in [5.41, 5.74) is 0. The molecule has 0 spiro atoms. The first-order valence-electron chi connectivity index (χ1n) is 2.78. The van der Waals surface area contributed by atoms with Crippen molar-refractivity contribution in [2.75, 3.05) is 0 Å². The van der Waals surface area contributed by atoms with Gasteiger partial charge in [-0.3, -0.25) is 0 Å². The molecule has 2 N–H and O–H groups in total. The average molecular weight is 176 g/mol. The summed E-state index contributed by atoms with van der Waals surface area (Å²) in [4.78, 5) is 10.6. The lowest BCUT2D eigenvalue weighted by Gasteiger charge is -1.83. The average Bonchev–Trinajstić information content (AvgIpc) is 1.90. The van der Waals surface area contributed by atoms with Crippen LogP contribution in [0.5, 0.6) is 0 Å². The van der Waals surface area contributed by atoms with Crippen molar-refractivity contribution >= 4 is 5.91 Å². The SMILES string of the molecule is CC(=O)[n+]1ccccc1.O.[Cl-]. The predicted molar refractivity (Wildman–Crippen MR) is 36.6 cm³/mol. The van der Waals surface area contributed by atoms with E-state index in [1.165, 1.54) is 11.5 Å². The van der Waals surface area contributed by atoms with Gasteiger partial charge < -0.3 is 17.9 Å². The van der Waals surface area contributed by atoms with Gasteiger partial charge in [-0.05, 0) is 0 Å². The molecule has 0 saturated heterocycles. The van der Waals surface area contributed by atoms with E-state index in [1.54, 1.807) is 12.4 Å². The summed E-state index contributed by atoms with van der Waals surface area (Å²) in [5, 5.41) is 0. The summed E-state index contributed by atoms with van der Waals surface area (Å²) in [6.45, 7) is 1.53. The van der Waals surface area contributed by atoms with Crippen LogP contribution in [-0.2, 0) is 0 Å². The Hall–Kier alpha value is -0.930. The summed E-state index contributed by atoms with van der Waals surface area (Å²) in [6.07, 6.45) is 3.45. The van der Waals surface area contributed by atoms with Gasteiger partial charge in [0.1, 0.15) is 0 Å². The van der Waals surface area contributed by atoms with Gasteiger partial charge >= 0.3 is 5.91 Å². The van der Waals surface area contributed by atoms with Gasteiger partial charge in [-0.25, -0.2) is 4.79 Å². The fourth-order valence-electron chi connectivity index (χ4n) is 0.609. The number of carbonyl (C=O) groups is 1. The number of halogens is 1. The number of hydrogen-bond acceptors (Lipinski definition) is 1. The van der Waals surface area contributed by atoms with Crippen LogP contribution < -0.4 is 17.0 Å². The quantitative estimate of drug-likeness (QED) is 0.384. The molecule has 0 amide bonds. The molecule has 0 saturated carbocycles. The molecule has 1 aromatic rings. The molecule has 62 valence electrons. The molecule has 1 rings (SSSR count). The molecule has 1 aromatic heterocycles. The Kier molecular flexibility index (Phi) is 6.74.